The molecule has 5 aliphatic rings. The molecule has 370 valence electrons. The Morgan fingerprint density at radius 3 is 1.69 bits per heavy atom. The molecule has 0 aromatic heterocycles. The van der Waals surface area contributed by atoms with Crippen LogP contribution in [0.3, 0.4) is 0 Å². The molecule has 10 heteroatoms. The number of rotatable bonds is 15. The molecule has 12 atom stereocenters. The zero-order chi connectivity index (χ0) is 49.4. The van der Waals surface area contributed by atoms with Crippen LogP contribution in [0, 0.1) is 35.0 Å². The molecule has 1 heterocycles. The highest BCUT2D eigenvalue weighted by molar-refractivity contribution is 6.05. The number of ether oxygens (including phenoxy) is 3. The summed E-state index contributed by atoms with van der Waals surface area (Å²) in [6.07, 6.45) is 9.41. The molecule has 0 spiro atoms. The average molecular weight is 887 g/mol. The van der Waals surface area contributed by atoms with Crippen molar-refractivity contribution in [2.24, 2.45) is 35.0 Å². The first kappa shape index (κ1) is 64.4. The van der Waals surface area contributed by atoms with Crippen molar-refractivity contribution in [3.63, 3.8) is 0 Å². The Bertz CT molecular complexity index is 1280. The Morgan fingerprint density at radius 2 is 1.26 bits per heavy atom. The third-order valence-corrected chi connectivity index (χ3v) is 13.0. The van der Waals surface area contributed by atoms with Gasteiger partial charge in [0.2, 0.25) is 0 Å². The van der Waals surface area contributed by atoms with Gasteiger partial charge in [0.25, 0.3) is 0 Å². The van der Waals surface area contributed by atoms with Crippen LogP contribution < -0.4 is 0 Å². The molecule has 10 nitrogen and oxygen atoms in total. The number of unbranched alkanes of at least 4 members (excludes halogenated alkanes) is 8. The summed E-state index contributed by atoms with van der Waals surface area (Å²) in [6, 6.07) is 0. The summed E-state index contributed by atoms with van der Waals surface area (Å²) >= 11 is 0. The Kier molecular flexibility index (Phi) is 31.6. The monoisotopic (exact) mass is 887 g/mol. The second kappa shape index (κ2) is 30.4. The van der Waals surface area contributed by atoms with Crippen LogP contribution in [0.5, 0.6) is 0 Å². The number of carbonyl (C=O) groups excluding carboxylic acids is 3. The second-order valence-electron chi connectivity index (χ2n) is 16.7. The number of hydrogen-bond acceptors (Lipinski definition) is 10. The van der Waals surface area contributed by atoms with Gasteiger partial charge in [0, 0.05) is 35.5 Å². The number of Topliss-reactive ketones (excluding diaryl/α,β-unsaturated/α-hetero) is 1. The van der Waals surface area contributed by atoms with E-state index in [1.807, 2.05) is 104 Å². The Hall–Kier alpha value is -1.85. The summed E-state index contributed by atoms with van der Waals surface area (Å²) in [6.45, 7) is 40.4. The molecular weight excluding hydrogens is 785 g/mol. The van der Waals surface area contributed by atoms with Gasteiger partial charge in [0.1, 0.15) is 17.8 Å². The molecule has 0 bridgehead atoms. The molecule has 4 fully saturated rings. The quantitative estimate of drug-likeness (QED) is 0.0707. The van der Waals surface area contributed by atoms with Crippen molar-refractivity contribution >= 4 is 17.7 Å². The van der Waals surface area contributed by atoms with Gasteiger partial charge in [-0.15, -0.1) is 0 Å². The molecule has 0 aromatic carbocycles. The smallest absolute Gasteiger partial charge is 0.309 e. The van der Waals surface area contributed by atoms with Crippen LogP contribution in [0.25, 0.3) is 0 Å². The predicted molar refractivity (Wildman–Crippen MR) is 257 cm³/mol. The topological polar surface area (TPSA) is 163 Å². The van der Waals surface area contributed by atoms with Gasteiger partial charge in [0.15, 0.2) is 17.0 Å². The van der Waals surface area contributed by atoms with E-state index in [0.29, 0.717) is 12.8 Å². The maximum Gasteiger partial charge on any atom is 0.309 e. The number of aliphatic hydroxyl groups is 4. The lowest BCUT2D eigenvalue weighted by molar-refractivity contribution is -0.246. The standard InChI is InChI=1S/C37H58O10.C3H8.6C2H6/c1-8-10-11-12-13-14-15-16-17-18-25(39)45-29-23(5)35(43)24-19-22(4)28(40)36(24,44)32(42)34(20-38)30(46-34)26(35)27-33(6,7)37(27,29)47-31(41)21(3)9-2;1-3-2;6*1-2/h19,21,23-24,26-27,29-30,32,38,42-44H,8-18,20H2,1-7H3;3H2,1-2H3;6*1-2H3. The fraction of sp³-hybridized carbons (Fsp3) is 0.904. The van der Waals surface area contributed by atoms with Crippen LogP contribution >= 0.6 is 0 Å². The molecule has 0 aromatic rings. The minimum Gasteiger partial charge on any atom is -0.458 e. The maximum atomic E-state index is 13.5. The number of aliphatic hydroxyl groups excluding tert-OH is 2. The van der Waals surface area contributed by atoms with Crippen LogP contribution in [0.2, 0.25) is 0 Å². The highest BCUT2D eigenvalue weighted by Gasteiger charge is 2.93. The number of epoxide rings is 1. The van der Waals surface area contributed by atoms with E-state index in [-0.39, 0.29) is 12.0 Å². The van der Waals surface area contributed by atoms with Crippen molar-refractivity contribution in [1.82, 2.24) is 0 Å². The van der Waals surface area contributed by atoms with Crippen molar-refractivity contribution < 1.29 is 49.0 Å². The first-order valence-electron chi connectivity index (χ1n) is 25.6. The average Bonchev–Trinajstić information content (AvgIpc) is 4.13. The van der Waals surface area contributed by atoms with E-state index in [4.69, 9.17) is 14.2 Å². The van der Waals surface area contributed by atoms with E-state index in [1.165, 1.54) is 51.5 Å². The highest BCUT2D eigenvalue weighted by atomic mass is 16.6. The third-order valence-electron chi connectivity index (χ3n) is 13.0. The summed E-state index contributed by atoms with van der Waals surface area (Å²) in [7, 11) is 0. The number of esters is 2. The Labute approximate surface area is 382 Å². The highest BCUT2D eigenvalue weighted by Crippen LogP contribution is 2.80. The lowest BCUT2D eigenvalue weighted by Gasteiger charge is -2.53. The van der Waals surface area contributed by atoms with E-state index in [1.54, 1.807) is 13.8 Å². The Morgan fingerprint density at radius 1 is 0.806 bits per heavy atom. The number of ketones is 1. The van der Waals surface area contributed by atoms with Gasteiger partial charge in [-0.2, -0.15) is 0 Å². The minimum absolute atomic E-state index is 0.171. The number of carbonyl (C=O) groups is 3. The van der Waals surface area contributed by atoms with E-state index in [9.17, 15) is 34.8 Å². The van der Waals surface area contributed by atoms with Gasteiger partial charge in [-0.3, -0.25) is 14.4 Å². The summed E-state index contributed by atoms with van der Waals surface area (Å²) in [5, 5.41) is 47.3. The predicted octanol–water partition coefficient (Wildman–Crippen LogP) is 11.8. The molecule has 5 rings (SSSR count). The second-order valence-corrected chi connectivity index (χ2v) is 16.7. The zero-order valence-corrected chi connectivity index (χ0v) is 44.1. The zero-order valence-electron chi connectivity index (χ0n) is 44.1. The largest absolute Gasteiger partial charge is 0.458 e. The third kappa shape index (κ3) is 12.5. The molecule has 12 unspecified atom stereocenters. The van der Waals surface area contributed by atoms with Crippen LogP contribution in [0.15, 0.2) is 11.6 Å². The minimum atomic E-state index is -2.48. The molecule has 0 amide bonds. The first-order chi connectivity index (χ1) is 29.5. The van der Waals surface area contributed by atoms with Crippen LogP contribution in [0.1, 0.15) is 222 Å². The van der Waals surface area contributed by atoms with Crippen molar-refractivity contribution in [2.45, 2.75) is 263 Å². The van der Waals surface area contributed by atoms with Crippen LogP contribution in [-0.4, -0.2) is 85.5 Å². The van der Waals surface area contributed by atoms with E-state index >= 15 is 0 Å². The van der Waals surface area contributed by atoms with Crippen molar-refractivity contribution in [1.29, 1.82) is 0 Å². The number of fused-ring (bicyclic) bond motifs is 7. The molecule has 1 saturated heterocycles. The van der Waals surface area contributed by atoms with Crippen LogP contribution in [-0.2, 0) is 28.6 Å². The van der Waals surface area contributed by atoms with Crippen molar-refractivity contribution in [2.75, 3.05) is 6.61 Å². The Balaban J connectivity index is -0.00000208. The summed E-state index contributed by atoms with van der Waals surface area (Å²) in [5.74, 6) is -5.82. The normalized spacial score (nSPS) is 33.5. The fourth-order valence-corrected chi connectivity index (χ4v) is 9.88. The lowest BCUT2D eigenvalue weighted by Crippen LogP contribution is -2.69. The summed E-state index contributed by atoms with van der Waals surface area (Å²) < 4.78 is 18.7. The van der Waals surface area contributed by atoms with Gasteiger partial charge < -0.3 is 34.6 Å². The number of hydrogen-bond donors (Lipinski definition) is 4. The van der Waals surface area contributed by atoms with Gasteiger partial charge in [-0.1, -0.05) is 202 Å². The van der Waals surface area contributed by atoms with Gasteiger partial charge >= 0.3 is 11.9 Å². The van der Waals surface area contributed by atoms with E-state index in [0.717, 1.165) is 19.3 Å². The SMILES string of the molecule is CC.CC.CC.CC.CC.CC.CCC.CCCCCCCCCCCC(=O)OC1C(C)C2(O)C(C3OC3(CO)C(O)C3(O)C(=O)C(C)=CC32)C2C(C)(C)C12OC(=O)C(C)CC. The summed E-state index contributed by atoms with van der Waals surface area (Å²) in [4.78, 5) is 40.6. The molecule has 62 heavy (non-hydrogen) atoms. The molecule has 0 radical (unpaired) electrons. The van der Waals surface area contributed by atoms with Gasteiger partial charge in [0.05, 0.1) is 24.2 Å². The van der Waals surface area contributed by atoms with Crippen molar-refractivity contribution in [3.8, 4) is 0 Å². The lowest BCUT2D eigenvalue weighted by atomic mass is 9.58. The van der Waals surface area contributed by atoms with Gasteiger partial charge in [-0.05, 0) is 25.3 Å². The molecular formula is C52H102O10. The van der Waals surface area contributed by atoms with Gasteiger partial charge in [-0.25, -0.2) is 0 Å². The fourth-order valence-electron chi connectivity index (χ4n) is 9.88. The van der Waals surface area contributed by atoms with Crippen molar-refractivity contribution in [3.05, 3.63) is 11.6 Å². The first-order valence-corrected chi connectivity index (χ1v) is 25.6. The molecule has 4 N–H and O–H groups in total. The molecule has 1 aliphatic heterocycles. The van der Waals surface area contributed by atoms with E-state index in [2.05, 4.69) is 20.8 Å². The summed E-state index contributed by atoms with van der Waals surface area (Å²) in [5.41, 5.74) is -8.09. The van der Waals surface area contributed by atoms with Crippen LogP contribution in [0.4, 0.5) is 0 Å². The molecule has 3 saturated carbocycles. The maximum absolute atomic E-state index is 13.5. The molecule has 4 aliphatic carbocycles. The van der Waals surface area contributed by atoms with E-state index < -0.39 is 100 Å².